The summed E-state index contributed by atoms with van der Waals surface area (Å²) in [7, 11) is -2.38. The van der Waals surface area contributed by atoms with Crippen molar-refractivity contribution in [1.29, 1.82) is 0 Å². The molecule has 3 N–H and O–H groups in total. The predicted molar refractivity (Wildman–Crippen MR) is 155 cm³/mol. The highest BCUT2D eigenvalue weighted by atomic mass is 28.3. The number of carbonyl (C=O) groups is 2. The van der Waals surface area contributed by atoms with Gasteiger partial charge in [0.05, 0.1) is 35.6 Å². The number of ether oxygens (including phenoxy) is 2. The summed E-state index contributed by atoms with van der Waals surface area (Å²) in [4.78, 5) is 45.6. The number of nitrogens with two attached hydrogens (primary N) is 1. The minimum absolute atomic E-state index is 0.0757. The van der Waals surface area contributed by atoms with E-state index in [4.69, 9.17) is 20.2 Å². The van der Waals surface area contributed by atoms with E-state index in [1.165, 1.54) is 0 Å². The van der Waals surface area contributed by atoms with Crippen LogP contribution in [0.2, 0.25) is 19.1 Å². The lowest BCUT2D eigenvalue weighted by molar-refractivity contribution is -0.189. The van der Waals surface area contributed by atoms with E-state index in [1.807, 2.05) is 6.07 Å². The molecule has 2 aliphatic rings. The first kappa shape index (κ1) is 28.0. The number of phenolic OH excluding ortho intramolecular Hbond substituents is 1. The van der Waals surface area contributed by atoms with Gasteiger partial charge in [-0.25, -0.2) is 9.78 Å². The molecule has 5 rings (SSSR count). The van der Waals surface area contributed by atoms with Crippen LogP contribution in [0.5, 0.6) is 5.75 Å². The van der Waals surface area contributed by atoms with Crippen LogP contribution >= 0.6 is 0 Å². The molecule has 40 heavy (non-hydrogen) atoms. The molecule has 2 atom stereocenters. The SMILES string of the molecule is CCC1(OC(=O)CN)C(=O)OC([Si](C)(C)CCC(C)(C)C)c2c1cc1n(c2=O)Cc2cc3cc(O)ccc3nc2-1. The van der Waals surface area contributed by atoms with Crippen molar-refractivity contribution in [3.8, 4) is 17.1 Å². The highest BCUT2D eigenvalue weighted by Crippen LogP contribution is 2.47. The van der Waals surface area contributed by atoms with Gasteiger partial charge in [-0.05, 0) is 42.2 Å². The van der Waals surface area contributed by atoms with Crippen molar-refractivity contribution >= 4 is 30.9 Å². The molecule has 0 amide bonds. The van der Waals surface area contributed by atoms with Gasteiger partial charge in [0.25, 0.3) is 5.56 Å². The first-order valence-electron chi connectivity index (χ1n) is 13.7. The molecular formula is C30H37N3O6Si. The molecule has 0 bridgehead atoms. The molecule has 2 unspecified atom stereocenters. The van der Waals surface area contributed by atoms with Gasteiger partial charge < -0.3 is 24.9 Å². The number of nitrogens with zero attached hydrogens (tertiary/aromatic N) is 2. The van der Waals surface area contributed by atoms with Crippen LogP contribution in [0.15, 0.2) is 35.1 Å². The third-order valence-corrected chi connectivity index (χ3v) is 11.6. The van der Waals surface area contributed by atoms with E-state index in [-0.39, 0.29) is 23.1 Å². The lowest BCUT2D eigenvalue weighted by atomic mass is 9.85. The molecule has 0 saturated carbocycles. The minimum atomic E-state index is -2.38. The Balaban J connectivity index is 1.76. The average Bonchev–Trinajstić information content (AvgIpc) is 3.25. The third-order valence-electron chi connectivity index (χ3n) is 8.22. The van der Waals surface area contributed by atoms with Gasteiger partial charge in [0, 0.05) is 16.5 Å². The number of fused-ring (bicyclic) bond motifs is 5. The summed E-state index contributed by atoms with van der Waals surface area (Å²) in [6.45, 7) is 12.4. The largest absolute Gasteiger partial charge is 0.508 e. The van der Waals surface area contributed by atoms with Crippen molar-refractivity contribution in [2.75, 3.05) is 6.54 Å². The summed E-state index contributed by atoms with van der Waals surface area (Å²) < 4.78 is 13.6. The fraction of sp³-hybridized carbons (Fsp3) is 0.467. The Morgan fingerprint density at radius 3 is 2.62 bits per heavy atom. The molecule has 2 aromatic heterocycles. The van der Waals surface area contributed by atoms with E-state index in [0.29, 0.717) is 34.6 Å². The van der Waals surface area contributed by atoms with Crippen LogP contribution in [0, 0.1) is 5.41 Å². The fourth-order valence-corrected chi connectivity index (χ4v) is 8.96. The van der Waals surface area contributed by atoms with Crippen LogP contribution in [0.1, 0.15) is 63.0 Å². The number of hydrogen-bond donors (Lipinski definition) is 2. The molecule has 4 heterocycles. The molecule has 0 spiro atoms. The van der Waals surface area contributed by atoms with Crippen LogP contribution in [-0.4, -0.2) is 41.2 Å². The van der Waals surface area contributed by atoms with E-state index in [9.17, 15) is 19.5 Å². The number of phenols is 1. The Labute approximate surface area is 234 Å². The molecule has 0 saturated heterocycles. The van der Waals surface area contributed by atoms with E-state index in [1.54, 1.807) is 35.8 Å². The standard InChI is InChI=1S/C30H37N3O6Si/c1-7-30(39-23(35)15-31)20-14-22-25-18(12-17-13-19(34)8-9-21(17)32-25)16-33(22)26(36)24(20)27(38-28(30)37)40(5,6)11-10-29(2,3)4/h8-9,12-14,27,34H,7,10-11,15-16,31H2,1-6H3. The maximum atomic E-state index is 14.4. The van der Waals surface area contributed by atoms with Crippen LogP contribution in [0.3, 0.4) is 0 Å². The van der Waals surface area contributed by atoms with Gasteiger partial charge in [0.1, 0.15) is 19.6 Å². The van der Waals surface area contributed by atoms with Crippen molar-refractivity contribution in [2.45, 2.75) is 77.5 Å². The van der Waals surface area contributed by atoms with Gasteiger partial charge >= 0.3 is 11.9 Å². The number of aromatic hydroxyl groups is 1. The lowest BCUT2D eigenvalue weighted by Gasteiger charge is -2.43. The van der Waals surface area contributed by atoms with Gasteiger partial charge in [0.2, 0.25) is 5.60 Å². The average molecular weight is 564 g/mol. The third kappa shape index (κ3) is 4.52. The summed E-state index contributed by atoms with van der Waals surface area (Å²) >= 11 is 0. The number of carbonyl (C=O) groups excluding carboxylic acids is 2. The number of rotatable bonds is 6. The Morgan fingerprint density at radius 1 is 1.25 bits per heavy atom. The molecule has 1 aromatic carbocycles. The van der Waals surface area contributed by atoms with E-state index < -0.39 is 37.9 Å². The lowest BCUT2D eigenvalue weighted by Crippen LogP contribution is -2.54. The van der Waals surface area contributed by atoms with E-state index >= 15 is 0 Å². The second-order valence-electron chi connectivity index (χ2n) is 12.8. The molecule has 212 valence electrons. The molecule has 0 aliphatic carbocycles. The number of cyclic esters (lactones) is 1. The zero-order valence-corrected chi connectivity index (χ0v) is 25.0. The van der Waals surface area contributed by atoms with Crippen LogP contribution in [0.25, 0.3) is 22.3 Å². The van der Waals surface area contributed by atoms with Gasteiger partial charge in [-0.1, -0.05) is 53.3 Å². The quantitative estimate of drug-likeness (QED) is 0.258. The Morgan fingerprint density at radius 2 is 1.98 bits per heavy atom. The number of pyridine rings is 2. The number of aromatic nitrogens is 2. The molecule has 9 nitrogen and oxygen atoms in total. The normalized spacial score (nSPS) is 20.1. The number of hydrogen-bond acceptors (Lipinski definition) is 8. The fourth-order valence-electron chi connectivity index (χ4n) is 5.81. The summed E-state index contributed by atoms with van der Waals surface area (Å²) in [6.07, 6.45) is 0.999. The summed E-state index contributed by atoms with van der Waals surface area (Å²) in [5, 5.41) is 10.7. The number of benzene rings is 1. The molecule has 3 aromatic rings. The Hall–Kier alpha value is -3.50. The number of esters is 2. The Bertz CT molecular complexity index is 1610. The molecule has 10 heteroatoms. The topological polar surface area (TPSA) is 134 Å². The Kier molecular flexibility index (Phi) is 6.70. The van der Waals surface area contributed by atoms with Gasteiger partial charge in [-0.15, -0.1) is 0 Å². The van der Waals surface area contributed by atoms with Crippen molar-refractivity contribution in [3.05, 3.63) is 57.4 Å². The monoisotopic (exact) mass is 563 g/mol. The first-order valence-corrected chi connectivity index (χ1v) is 17.0. The van der Waals surface area contributed by atoms with Crippen molar-refractivity contribution in [3.63, 3.8) is 0 Å². The van der Waals surface area contributed by atoms with Crippen LogP contribution in [-0.2, 0) is 31.2 Å². The first-order chi connectivity index (χ1) is 18.7. The van der Waals surface area contributed by atoms with Crippen molar-refractivity contribution < 1.29 is 24.2 Å². The maximum Gasteiger partial charge on any atom is 0.355 e. The van der Waals surface area contributed by atoms with E-state index in [2.05, 4.69) is 33.9 Å². The highest BCUT2D eigenvalue weighted by molar-refractivity contribution is 6.78. The summed E-state index contributed by atoms with van der Waals surface area (Å²) in [5.74, 6) is -1.29. The second kappa shape index (κ2) is 9.55. The maximum absolute atomic E-state index is 14.4. The molecule has 0 radical (unpaired) electrons. The zero-order chi connectivity index (χ0) is 29.2. The van der Waals surface area contributed by atoms with Gasteiger partial charge in [-0.2, -0.15) is 0 Å². The molecular weight excluding hydrogens is 526 g/mol. The van der Waals surface area contributed by atoms with Crippen LogP contribution < -0.4 is 11.3 Å². The highest BCUT2D eigenvalue weighted by Gasteiger charge is 2.56. The van der Waals surface area contributed by atoms with Crippen LogP contribution in [0.4, 0.5) is 0 Å². The smallest absolute Gasteiger partial charge is 0.355 e. The summed E-state index contributed by atoms with van der Waals surface area (Å²) in [6, 6.07) is 9.48. The van der Waals surface area contributed by atoms with Gasteiger partial charge in [0.15, 0.2) is 0 Å². The second-order valence-corrected chi connectivity index (χ2v) is 17.8. The molecule has 0 fully saturated rings. The van der Waals surface area contributed by atoms with Crippen molar-refractivity contribution in [2.24, 2.45) is 11.1 Å². The van der Waals surface area contributed by atoms with Crippen molar-refractivity contribution in [1.82, 2.24) is 9.55 Å². The minimum Gasteiger partial charge on any atom is -0.508 e. The molecule has 2 aliphatic heterocycles. The summed E-state index contributed by atoms with van der Waals surface area (Å²) in [5.41, 5.74) is 6.32. The zero-order valence-electron chi connectivity index (χ0n) is 24.0. The van der Waals surface area contributed by atoms with E-state index in [0.717, 1.165) is 23.4 Å². The van der Waals surface area contributed by atoms with Gasteiger partial charge in [-0.3, -0.25) is 9.59 Å². The predicted octanol–water partition coefficient (Wildman–Crippen LogP) is 4.52.